The lowest BCUT2D eigenvalue weighted by atomic mass is 10.2. The minimum atomic E-state index is -0.253. The van der Waals surface area contributed by atoms with Crippen LogP contribution >= 0.6 is 23.2 Å². The number of carbonyl (C=O) groups excluding carboxylic acids is 1. The lowest BCUT2D eigenvalue weighted by molar-refractivity contribution is -0.898. The third kappa shape index (κ3) is 4.24. The molecule has 7 heteroatoms. The van der Waals surface area contributed by atoms with E-state index in [0.29, 0.717) is 5.56 Å². The first-order valence-corrected chi connectivity index (χ1v) is 9.14. The number of nitrogens with zero attached hydrogens (tertiary/aromatic N) is 2. The van der Waals surface area contributed by atoms with Gasteiger partial charge in [-0.1, -0.05) is 35.3 Å². The molecule has 0 saturated carbocycles. The van der Waals surface area contributed by atoms with Crippen molar-refractivity contribution in [1.29, 1.82) is 0 Å². The molecule has 0 unspecified atom stereocenters. The minimum absolute atomic E-state index is 0.190. The number of piperazine rings is 1. The monoisotopic (exact) mass is 379 g/mol. The largest absolute Gasteiger partial charge is 0.359 e. The molecule has 132 valence electrons. The molecule has 2 heterocycles. The van der Waals surface area contributed by atoms with E-state index in [0.717, 1.165) is 44.1 Å². The highest BCUT2D eigenvalue weighted by atomic mass is 35.5. The van der Waals surface area contributed by atoms with Gasteiger partial charge >= 0.3 is 0 Å². The number of rotatable bonds is 4. The molecule has 1 aromatic heterocycles. The summed E-state index contributed by atoms with van der Waals surface area (Å²) in [4.78, 5) is 20.4. The highest BCUT2D eigenvalue weighted by molar-refractivity contribution is 6.41. The number of aromatic nitrogens is 1. The average molecular weight is 380 g/mol. The van der Waals surface area contributed by atoms with Crippen molar-refractivity contribution >= 4 is 40.5 Å². The van der Waals surface area contributed by atoms with Gasteiger partial charge < -0.3 is 15.1 Å². The molecule has 3 rings (SSSR count). The Balaban J connectivity index is 1.77. The molecule has 0 spiro atoms. The van der Waals surface area contributed by atoms with Crippen molar-refractivity contribution in [3.05, 3.63) is 52.3 Å². The van der Waals surface area contributed by atoms with Gasteiger partial charge in [-0.2, -0.15) is 0 Å². The SMILES string of the molecule is CC[NH+]1CCN(c2ccccc2NC(=O)c2cnc(Cl)c(Cl)c2)CC1. The van der Waals surface area contributed by atoms with Crippen molar-refractivity contribution in [2.24, 2.45) is 0 Å². The minimum Gasteiger partial charge on any atom is -0.359 e. The third-order valence-corrected chi connectivity index (χ3v) is 5.21. The third-order valence-electron chi connectivity index (χ3n) is 4.52. The average Bonchev–Trinajstić information content (AvgIpc) is 2.64. The van der Waals surface area contributed by atoms with Crippen LogP contribution < -0.4 is 15.1 Å². The van der Waals surface area contributed by atoms with Crippen LogP contribution in [0.1, 0.15) is 17.3 Å². The van der Waals surface area contributed by atoms with Crippen LogP contribution in [0.4, 0.5) is 11.4 Å². The number of amides is 1. The van der Waals surface area contributed by atoms with Gasteiger partial charge in [0.1, 0.15) is 5.15 Å². The van der Waals surface area contributed by atoms with E-state index in [1.165, 1.54) is 12.3 Å². The van der Waals surface area contributed by atoms with Crippen LogP contribution in [-0.2, 0) is 0 Å². The van der Waals surface area contributed by atoms with Gasteiger partial charge in [-0.05, 0) is 25.1 Å². The molecule has 0 aliphatic carbocycles. The lowest BCUT2D eigenvalue weighted by Gasteiger charge is -2.34. The Labute approximate surface area is 157 Å². The number of quaternary nitrogens is 1. The maximum absolute atomic E-state index is 12.5. The molecule has 5 nitrogen and oxygen atoms in total. The highest BCUT2D eigenvalue weighted by Crippen LogP contribution is 2.27. The number of nitrogens with one attached hydrogen (secondary N) is 2. The maximum Gasteiger partial charge on any atom is 0.257 e. The fourth-order valence-electron chi connectivity index (χ4n) is 3.01. The molecule has 1 aliphatic rings. The Hall–Kier alpha value is -1.82. The van der Waals surface area contributed by atoms with Crippen molar-refractivity contribution in [1.82, 2.24) is 4.98 Å². The molecule has 25 heavy (non-hydrogen) atoms. The Morgan fingerprint density at radius 3 is 2.68 bits per heavy atom. The smallest absolute Gasteiger partial charge is 0.257 e. The van der Waals surface area contributed by atoms with Crippen molar-refractivity contribution in [3.8, 4) is 0 Å². The normalized spacial score (nSPS) is 15.2. The van der Waals surface area contributed by atoms with Crippen molar-refractivity contribution in [2.45, 2.75) is 6.92 Å². The van der Waals surface area contributed by atoms with Gasteiger partial charge in [-0.25, -0.2) is 4.98 Å². The van der Waals surface area contributed by atoms with E-state index >= 15 is 0 Å². The number of carbonyl (C=O) groups is 1. The summed E-state index contributed by atoms with van der Waals surface area (Å²) in [6.07, 6.45) is 1.43. The molecule has 1 amide bonds. The van der Waals surface area contributed by atoms with Crippen molar-refractivity contribution in [2.75, 3.05) is 42.9 Å². The van der Waals surface area contributed by atoms with Gasteiger partial charge in [0, 0.05) is 6.20 Å². The molecule has 1 saturated heterocycles. The molecule has 1 fully saturated rings. The van der Waals surface area contributed by atoms with Gasteiger partial charge in [-0.3, -0.25) is 4.79 Å². The second-order valence-electron chi connectivity index (χ2n) is 6.06. The van der Waals surface area contributed by atoms with Crippen LogP contribution in [0.3, 0.4) is 0 Å². The number of anilines is 2. The van der Waals surface area contributed by atoms with E-state index in [-0.39, 0.29) is 16.1 Å². The molecule has 0 radical (unpaired) electrons. The van der Waals surface area contributed by atoms with E-state index in [2.05, 4.69) is 22.1 Å². The topological polar surface area (TPSA) is 49.7 Å². The molecular formula is C18H21Cl2N4O+. The first-order chi connectivity index (χ1) is 12.1. The van der Waals surface area contributed by atoms with Gasteiger partial charge in [-0.15, -0.1) is 0 Å². The maximum atomic E-state index is 12.5. The van der Waals surface area contributed by atoms with Crippen LogP contribution in [-0.4, -0.2) is 43.6 Å². The standard InChI is InChI=1S/C18H20Cl2N4O/c1-2-23-7-9-24(10-8-23)16-6-4-3-5-15(16)22-18(25)13-11-14(19)17(20)21-12-13/h3-6,11-12H,2,7-10H2,1H3,(H,22,25)/p+1. The van der Waals surface area contributed by atoms with Gasteiger partial charge in [0.25, 0.3) is 5.91 Å². The molecule has 0 bridgehead atoms. The van der Waals surface area contributed by atoms with Crippen LogP contribution in [0.15, 0.2) is 36.5 Å². The summed E-state index contributed by atoms with van der Waals surface area (Å²) in [6, 6.07) is 9.39. The Bertz CT molecular complexity index is 760. The number of hydrogen-bond donors (Lipinski definition) is 2. The number of likely N-dealkylation sites (N-methyl/N-ethyl adjacent to an activating group) is 1. The predicted molar refractivity (Wildman–Crippen MR) is 102 cm³/mol. The fourth-order valence-corrected chi connectivity index (χ4v) is 3.28. The summed E-state index contributed by atoms with van der Waals surface area (Å²) in [5.74, 6) is -0.253. The zero-order valence-corrected chi connectivity index (χ0v) is 15.6. The Kier molecular flexibility index (Phi) is 5.78. The van der Waals surface area contributed by atoms with Crippen molar-refractivity contribution < 1.29 is 9.69 Å². The highest BCUT2D eigenvalue weighted by Gasteiger charge is 2.21. The number of pyridine rings is 1. The second-order valence-corrected chi connectivity index (χ2v) is 6.82. The van der Waals surface area contributed by atoms with E-state index < -0.39 is 0 Å². The molecule has 2 aromatic rings. The summed E-state index contributed by atoms with van der Waals surface area (Å²) in [5.41, 5.74) is 2.21. The van der Waals surface area contributed by atoms with E-state index in [9.17, 15) is 4.79 Å². The zero-order valence-electron chi connectivity index (χ0n) is 14.1. The van der Waals surface area contributed by atoms with Gasteiger partial charge in [0.05, 0.1) is 54.7 Å². The molecule has 1 aromatic carbocycles. The quantitative estimate of drug-likeness (QED) is 0.801. The summed E-state index contributed by atoms with van der Waals surface area (Å²) < 4.78 is 0. The summed E-state index contributed by atoms with van der Waals surface area (Å²) >= 11 is 11.8. The molecule has 0 atom stereocenters. The summed E-state index contributed by atoms with van der Waals surface area (Å²) in [5, 5.41) is 3.42. The van der Waals surface area contributed by atoms with E-state index in [4.69, 9.17) is 23.2 Å². The van der Waals surface area contributed by atoms with Crippen LogP contribution in [0.2, 0.25) is 10.2 Å². The van der Waals surface area contributed by atoms with Gasteiger partial charge in [0.2, 0.25) is 0 Å². The zero-order chi connectivity index (χ0) is 17.8. The molecule has 1 aliphatic heterocycles. The first kappa shape index (κ1) is 18.0. The Morgan fingerprint density at radius 1 is 1.28 bits per heavy atom. The van der Waals surface area contributed by atoms with Crippen molar-refractivity contribution in [3.63, 3.8) is 0 Å². The van der Waals surface area contributed by atoms with Crippen LogP contribution in [0, 0.1) is 0 Å². The van der Waals surface area contributed by atoms with E-state index in [1.54, 1.807) is 4.90 Å². The molecular weight excluding hydrogens is 359 g/mol. The number of benzene rings is 1. The molecule has 2 N–H and O–H groups in total. The summed E-state index contributed by atoms with van der Waals surface area (Å²) in [7, 11) is 0. The van der Waals surface area contributed by atoms with Crippen LogP contribution in [0.25, 0.3) is 0 Å². The Morgan fingerprint density at radius 2 is 2.00 bits per heavy atom. The summed E-state index contributed by atoms with van der Waals surface area (Å²) in [6.45, 7) is 7.53. The first-order valence-electron chi connectivity index (χ1n) is 8.38. The van der Waals surface area contributed by atoms with Gasteiger partial charge in [0.15, 0.2) is 0 Å². The number of hydrogen-bond acceptors (Lipinski definition) is 3. The number of para-hydroxylation sites is 2. The number of halogens is 2. The predicted octanol–water partition coefficient (Wildman–Crippen LogP) is 2.37. The fraction of sp³-hybridized carbons (Fsp3) is 0.333. The lowest BCUT2D eigenvalue weighted by Crippen LogP contribution is -3.14. The van der Waals surface area contributed by atoms with E-state index in [1.807, 2.05) is 24.3 Å². The van der Waals surface area contributed by atoms with Crippen LogP contribution in [0.5, 0.6) is 0 Å². The second kappa shape index (κ2) is 8.04.